The molecule has 1 unspecified atom stereocenters. The van der Waals surface area contributed by atoms with Crippen molar-refractivity contribution in [2.45, 2.75) is 50.2 Å². The molecule has 0 spiro atoms. The summed E-state index contributed by atoms with van der Waals surface area (Å²) in [4.78, 5) is 30.4. The van der Waals surface area contributed by atoms with Gasteiger partial charge in [0.15, 0.2) is 0 Å². The molecule has 1 aliphatic carbocycles. The van der Waals surface area contributed by atoms with E-state index in [0.717, 1.165) is 0 Å². The normalized spacial score (nSPS) is 19.4. The monoisotopic (exact) mass is 437 g/mol. The van der Waals surface area contributed by atoms with Crippen molar-refractivity contribution in [3.63, 3.8) is 0 Å². The fraction of sp³-hybridized carbons (Fsp3) is 0.375. The lowest BCUT2D eigenvalue weighted by atomic mass is 9.88. The fourth-order valence-corrected chi connectivity index (χ4v) is 4.31. The molecule has 2 heterocycles. The molecule has 1 fully saturated rings. The van der Waals surface area contributed by atoms with Crippen molar-refractivity contribution < 1.29 is 19.7 Å². The van der Waals surface area contributed by atoms with Crippen molar-refractivity contribution in [1.82, 2.24) is 14.7 Å². The maximum atomic E-state index is 13.3. The van der Waals surface area contributed by atoms with Crippen LogP contribution in [0.15, 0.2) is 53.5 Å². The van der Waals surface area contributed by atoms with Gasteiger partial charge < -0.3 is 20.3 Å². The molecule has 0 bridgehead atoms. The average Bonchev–Trinajstić information content (AvgIpc) is 2.80. The van der Waals surface area contributed by atoms with Gasteiger partial charge in [0, 0.05) is 24.6 Å². The number of hydrogen-bond donors (Lipinski definition) is 3. The van der Waals surface area contributed by atoms with E-state index < -0.39 is 11.5 Å². The van der Waals surface area contributed by atoms with E-state index in [4.69, 9.17) is 4.74 Å². The van der Waals surface area contributed by atoms with Crippen LogP contribution in [0, 0.1) is 0 Å². The number of hydrogen-bond acceptors (Lipinski definition) is 6. The molecule has 168 valence electrons. The first-order valence-corrected chi connectivity index (χ1v) is 10.8. The Morgan fingerprint density at radius 1 is 1.19 bits per heavy atom. The van der Waals surface area contributed by atoms with Gasteiger partial charge in [0.25, 0.3) is 5.56 Å². The number of rotatable bonds is 6. The molecule has 8 nitrogen and oxygen atoms in total. The highest BCUT2D eigenvalue weighted by Crippen LogP contribution is 2.32. The largest absolute Gasteiger partial charge is 0.497 e. The number of aliphatic hydroxyl groups excluding tert-OH is 1. The van der Waals surface area contributed by atoms with E-state index in [2.05, 4.69) is 10.3 Å². The zero-order chi connectivity index (χ0) is 22.7. The first-order valence-electron chi connectivity index (χ1n) is 10.8. The zero-order valence-electron chi connectivity index (χ0n) is 17.9. The lowest BCUT2D eigenvalue weighted by molar-refractivity contribution is -0.122. The number of carbonyl (C=O) groups excluding carboxylic acids is 1. The van der Waals surface area contributed by atoms with E-state index in [1.165, 1.54) is 4.40 Å². The molecule has 1 aliphatic rings. The van der Waals surface area contributed by atoms with Crippen LogP contribution in [0.3, 0.4) is 0 Å². The Morgan fingerprint density at radius 3 is 2.59 bits per heavy atom. The number of ether oxygens (including phenoxy) is 1. The lowest BCUT2D eigenvalue weighted by Gasteiger charge is -2.27. The lowest BCUT2D eigenvalue weighted by Crippen LogP contribution is -2.39. The second-order valence-electron chi connectivity index (χ2n) is 8.19. The molecule has 1 amide bonds. The van der Waals surface area contributed by atoms with Gasteiger partial charge in [-0.2, -0.15) is 4.98 Å². The van der Waals surface area contributed by atoms with Crippen LogP contribution in [0.4, 0.5) is 0 Å². The number of aromatic nitrogens is 2. The summed E-state index contributed by atoms with van der Waals surface area (Å²) in [5.41, 5.74) is 0.693. The highest BCUT2D eigenvalue weighted by atomic mass is 16.5. The minimum Gasteiger partial charge on any atom is -0.497 e. The van der Waals surface area contributed by atoms with Crippen LogP contribution in [0.2, 0.25) is 0 Å². The van der Waals surface area contributed by atoms with Crippen molar-refractivity contribution in [3.8, 4) is 11.6 Å². The summed E-state index contributed by atoms with van der Waals surface area (Å²) < 4.78 is 6.59. The van der Waals surface area contributed by atoms with Crippen LogP contribution in [-0.4, -0.2) is 44.8 Å². The number of fused-ring (bicyclic) bond motifs is 1. The Morgan fingerprint density at radius 2 is 1.91 bits per heavy atom. The third-order valence-corrected chi connectivity index (χ3v) is 6.07. The molecular formula is C24H27N3O5. The second kappa shape index (κ2) is 9.40. The van der Waals surface area contributed by atoms with Crippen LogP contribution >= 0.6 is 0 Å². The summed E-state index contributed by atoms with van der Waals surface area (Å²) in [6.45, 7) is 0. The van der Waals surface area contributed by atoms with Gasteiger partial charge in [0.2, 0.25) is 11.8 Å². The number of benzene rings is 1. The smallest absolute Gasteiger partial charge is 0.265 e. The fourth-order valence-electron chi connectivity index (χ4n) is 4.31. The van der Waals surface area contributed by atoms with Gasteiger partial charge in [0.05, 0.1) is 18.8 Å². The predicted molar refractivity (Wildman–Crippen MR) is 119 cm³/mol. The highest BCUT2D eigenvalue weighted by molar-refractivity contribution is 5.78. The number of amides is 1. The molecule has 0 aliphatic heterocycles. The minimum atomic E-state index is -0.688. The number of pyridine rings is 1. The summed E-state index contributed by atoms with van der Waals surface area (Å²) >= 11 is 0. The van der Waals surface area contributed by atoms with Gasteiger partial charge in [-0.05, 0) is 55.5 Å². The van der Waals surface area contributed by atoms with Gasteiger partial charge >= 0.3 is 0 Å². The number of methoxy groups -OCH3 is 1. The summed E-state index contributed by atoms with van der Waals surface area (Å²) in [6, 6.07) is 12.2. The van der Waals surface area contributed by atoms with Crippen molar-refractivity contribution in [3.05, 3.63) is 70.1 Å². The van der Waals surface area contributed by atoms with Gasteiger partial charge in [-0.25, -0.2) is 0 Å². The number of nitrogens with one attached hydrogen (secondary N) is 1. The first kappa shape index (κ1) is 21.8. The Kier molecular flexibility index (Phi) is 6.41. The topological polar surface area (TPSA) is 113 Å². The van der Waals surface area contributed by atoms with Crippen LogP contribution in [0.25, 0.3) is 5.65 Å². The van der Waals surface area contributed by atoms with E-state index >= 15 is 0 Å². The predicted octanol–water partition coefficient (Wildman–Crippen LogP) is 2.35. The molecule has 2 aromatic heterocycles. The molecule has 0 radical (unpaired) electrons. The third kappa shape index (κ3) is 4.60. The van der Waals surface area contributed by atoms with Crippen LogP contribution in [-0.2, 0) is 4.79 Å². The summed E-state index contributed by atoms with van der Waals surface area (Å²) in [7, 11) is 1.56. The van der Waals surface area contributed by atoms with Gasteiger partial charge in [-0.3, -0.25) is 14.0 Å². The Balaban J connectivity index is 1.69. The highest BCUT2D eigenvalue weighted by Gasteiger charge is 2.28. The number of aliphatic hydroxyl groups is 1. The van der Waals surface area contributed by atoms with E-state index in [1.807, 2.05) is 0 Å². The van der Waals surface area contributed by atoms with Crippen LogP contribution < -0.4 is 15.6 Å². The molecule has 0 saturated heterocycles. The van der Waals surface area contributed by atoms with Crippen molar-refractivity contribution in [2.24, 2.45) is 0 Å². The molecule has 4 rings (SSSR count). The van der Waals surface area contributed by atoms with E-state index in [0.29, 0.717) is 42.6 Å². The number of carbonyl (C=O) groups is 1. The first-order chi connectivity index (χ1) is 15.5. The number of aromatic hydroxyl groups is 1. The van der Waals surface area contributed by atoms with E-state index in [-0.39, 0.29) is 35.9 Å². The summed E-state index contributed by atoms with van der Waals surface area (Å²) in [6.07, 6.45) is 4.00. The molecule has 32 heavy (non-hydrogen) atoms. The maximum absolute atomic E-state index is 13.3. The SMILES string of the molecule is COc1ccc(C(CC(=O)NC2CCC(O)CC2)c2c(O)nc3ccccn3c2=O)cc1. The quantitative estimate of drug-likeness (QED) is 0.546. The van der Waals surface area contributed by atoms with Crippen molar-refractivity contribution in [1.29, 1.82) is 0 Å². The van der Waals surface area contributed by atoms with Gasteiger partial charge in [-0.1, -0.05) is 18.2 Å². The molecule has 1 atom stereocenters. The molecule has 3 N–H and O–H groups in total. The Hall–Kier alpha value is -3.39. The second-order valence-corrected chi connectivity index (χ2v) is 8.19. The Labute approximate surface area is 185 Å². The van der Waals surface area contributed by atoms with Gasteiger partial charge in [0.1, 0.15) is 11.4 Å². The van der Waals surface area contributed by atoms with Crippen LogP contribution in [0.5, 0.6) is 11.6 Å². The van der Waals surface area contributed by atoms with Crippen molar-refractivity contribution >= 4 is 11.6 Å². The summed E-state index contributed by atoms with van der Waals surface area (Å²) in [5.74, 6) is -0.637. The van der Waals surface area contributed by atoms with E-state index in [9.17, 15) is 19.8 Å². The molecule has 8 heteroatoms. The minimum absolute atomic E-state index is 0.00756. The van der Waals surface area contributed by atoms with Crippen molar-refractivity contribution in [2.75, 3.05) is 7.11 Å². The zero-order valence-corrected chi connectivity index (χ0v) is 17.9. The molecule has 1 aromatic carbocycles. The molecule has 1 saturated carbocycles. The maximum Gasteiger partial charge on any atom is 0.265 e. The van der Waals surface area contributed by atoms with Crippen LogP contribution in [0.1, 0.15) is 49.1 Å². The Bertz CT molecular complexity index is 1150. The van der Waals surface area contributed by atoms with Gasteiger partial charge in [-0.15, -0.1) is 0 Å². The molecule has 3 aromatic rings. The molecular weight excluding hydrogens is 410 g/mol. The standard InChI is InChI=1S/C24H27N3O5/c1-32-18-11-5-15(6-12-18)19(14-21(29)25-16-7-9-17(28)10-8-16)22-23(30)26-20-4-2-3-13-27(20)24(22)31/h2-6,11-13,16-17,19,28,30H,7-10,14H2,1H3,(H,25,29). The average molecular weight is 437 g/mol. The number of nitrogens with zero attached hydrogens (tertiary/aromatic N) is 2. The third-order valence-electron chi connectivity index (χ3n) is 6.07. The summed E-state index contributed by atoms with van der Waals surface area (Å²) in [5, 5.41) is 23.4. The van der Waals surface area contributed by atoms with E-state index in [1.54, 1.807) is 55.8 Å².